The zero-order valence-corrected chi connectivity index (χ0v) is 18.0. The van der Waals surface area contributed by atoms with Crippen molar-refractivity contribution in [2.45, 2.75) is 31.6 Å². The molecule has 1 amide bonds. The van der Waals surface area contributed by atoms with Crippen LogP contribution in [-0.4, -0.2) is 29.0 Å². The molecule has 2 aromatic carbocycles. The smallest absolute Gasteiger partial charge is 0.410 e. The lowest BCUT2D eigenvalue weighted by Crippen LogP contribution is -2.35. The third-order valence-corrected chi connectivity index (χ3v) is 5.78. The molecular weight excluding hydrogens is 445 g/mol. The molecule has 168 valence electrons. The van der Waals surface area contributed by atoms with E-state index in [2.05, 4.69) is 15.7 Å². The Kier molecular flexibility index (Phi) is 5.77. The van der Waals surface area contributed by atoms with Crippen molar-refractivity contribution in [2.24, 2.45) is 0 Å². The quantitative estimate of drug-likeness (QED) is 0.514. The van der Waals surface area contributed by atoms with Crippen LogP contribution < -0.4 is 15.4 Å². The lowest BCUT2D eigenvalue weighted by atomic mass is 9.97. The van der Waals surface area contributed by atoms with E-state index >= 15 is 0 Å². The van der Waals surface area contributed by atoms with E-state index in [0.29, 0.717) is 22.0 Å². The van der Waals surface area contributed by atoms with Crippen molar-refractivity contribution in [1.29, 1.82) is 0 Å². The van der Waals surface area contributed by atoms with E-state index < -0.39 is 24.2 Å². The van der Waals surface area contributed by atoms with Crippen molar-refractivity contribution in [1.82, 2.24) is 9.78 Å². The molecule has 0 aliphatic carbocycles. The van der Waals surface area contributed by atoms with Gasteiger partial charge in [0.15, 0.2) is 11.7 Å². The summed E-state index contributed by atoms with van der Waals surface area (Å²) < 4.78 is 47.5. The Labute approximate surface area is 187 Å². The number of benzene rings is 2. The molecule has 0 radical (unpaired) electrons. The first kappa shape index (κ1) is 22.0. The highest BCUT2D eigenvalue weighted by Gasteiger charge is 2.46. The zero-order chi connectivity index (χ0) is 23.0. The van der Waals surface area contributed by atoms with Gasteiger partial charge in [0.1, 0.15) is 11.6 Å². The molecule has 0 saturated heterocycles. The molecule has 10 heteroatoms. The van der Waals surface area contributed by atoms with E-state index in [4.69, 9.17) is 16.3 Å². The second-order valence-corrected chi connectivity index (χ2v) is 7.95. The molecule has 1 aliphatic rings. The SMILES string of the molecule is COc1ccc([C@@H]2C[C@H](C(F)(F)F)n3nc(C(=O)Nc4ccc(C)c(Cl)c4)cc3N2)cc1. The maximum absolute atomic E-state index is 13.8. The minimum Gasteiger partial charge on any atom is -0.497 e. The number of nitrogens with zero attached hydrogens (tertiary/aromatic N) is 2. The van der Waals surface area contributed by atoms with E-state index in [9.17, 15) is 18.0 Å². The first-order valence-electron chi connectivity index (χ1n) is 9.80. The highest BCUT2D eigenvalue weighted by molar-refractivity contribution is 6.31. The number of fused-ring (bicyclic) bond motifs is 1. The zero-order valence-electron chi connectivity index (χ0n) is 17.2. The van der Waals surface area contributed by atoms with Crippen molar-refractivity contribution in [3.05, 3.63) is 70.4 Å². The Morgan fingerprint density at radius 2 is 1.94 bits per heavy atom. The number of hydrogen-bond acceptors (Lipinski definition) is 4. The predicted molar refractivity (Wildman–Crippen MR) is 115 cm³/mol. The van der Waals surface area contributed by atoms with Gasteiger partial charge >= 0.3 is 6.18 Å². The maximum Gasteiger partial charge on any atom is 0.410 e. The number of rotatable bonds is 4. The molecule has 2 atom stereocenters. The van der Waals surface area contributed by atoms with Gasteiger partial charge in [-0.15, -0.1) is 0 Å². The molecular formula is C22H20ClF3N4O2. The lowest BCUT2D eigenvalue weighted by Gasteiger charge is -2.33. The summed E-state index contributed by atoms with van der Waals surface area (Å²) in [6.45, 7) is 1.82. The van der Waals surface area contributed by atoms with Crippen molar-refractivity contribution in [3.8, 4) is 5.75 Å². The number of aryl methyl sites for hydroxylation is 1. The van der Waals surface area contributed by atoms with Crippen LogP contribution in [0.25, 0.3) is 0 Å². The van der Waals surface area contributed by atoms with Crippen LogP contribution in [0.1, 0.15) is 40.1 Å². The Hall–Kier alpha value is -3.20. The molecule has 0 bridgehead atoms. The highest BCUT2D eigenvalue weighted by atomic mass is 35.5. The second-order valence-electron chi connectivity index (χ2n) is 7.54. The fourth-order valence-electron chi connectivity index (χ4n) is 3.60. The van der Waals surface area contributed by atoms with E-state index in [0.717, 1.165) is 10.2 Å². The highest BCUT2D eigenvalue weighted by Crippen LogP contribution is 2.43. The average molecular weight is 465 g/mol. The van der Waals surface area contributed by atoms with E-state index in [1.165, 1.54) is 13.2 Å². The van der Waals surface area contributed by atoms with Crippen LogP contribution >= 0.6 is 11.6 Å². The monoisotopic (exact) mass is 464 g/mol. The van der Waals surface area contributed by atoms with Gasteiger partial charge in [-0.05, 0) is 42.3 Å². The molecule has 6 nitrogen and oxygen atoms in total. The summed E-state index contributed by atoms with van der Waals surface area (Å²) in [7, 11) is 1.52. The van der Waals surface area contributed by atoms with Gasteiger partial charge in [-0.1, -0.05) is 29.8 Å². The van der Waals surface area contributed by atoms with Crippen LogP contribution in [0.4, 0.5) is 24.7 Å². The molecule has 0 spiro atoms. The third kappa shape index (κ3) is 4.38. The van der Waals surface area contributed by atoms with Crippen LogP contribution in [-0.2, 0) is 0 Å². The van der Waals surface area contributed by atoms with Crippen molar-refractivity contribution in [3.63, 3.8) is 0 Å². The number of hydrogen-bond donors (Lipinski definition) is 2. The minimum atomic E-state index is -4.54. The Morgan fingerprint density at radius 3 is 2.56 bits per heavy atom. The van der Waals surface area contributed by atoms with Crippen LogP contribution in [0.5, 0.6) is 5.75 Å². The topological polar surface area (TPSA) is 68.2 Å². The summed E-state index contributed by atoms with van der Waals surface area (Å²) in [4.78, 5) is 12.7. The number of ether oxygens (including phenoxy) is 1. The van der Waals surface area contributed by atoms with E-state index in [1.54, 1.807) is 42.5 Å². The number of anilines is 2. The van der Waals surface area contributed by atoms with Gasteiger partial charge in [0.05, 0.1) is 13.2 Å². The summed E-state index contributed by atoms with van der Waals surface area (Å²) in [5, 5.41) is 10.1. The van der Waals surface area contributed by atoms with Crippen LogP contribution in [0.3, 0.4) is 0 Å². The van der Waals surface area contributed by atoms with Crippen molar-refractivity contribution >= 4 is 29.0 Å². The maximum atomic E-state index is 13.8. The molecule has 0 unspecified atom stereocenters. The number of amides is 1. The van der Waals surface area contributed by atoms with Gasteiger partial charge in [-0.2, -0.15) is 18.3 Å². The van der Waals surface area contributed by atoms with Gasteiger partial charge in [0.2, 0.25) is 0 Å². The summed E-state index contributed by atoms with van der Waals surface area (Å²) in [6.07, 6.45) is -4.80. The molecule has 2 N–H and O–H groups in total. The average Bonchev–Trinajstić information content (AvgIpc) is 3.19. The fraction of sp³-hybridized carbons (Fsp3) is 0.273. The van der Waals surface area contributed by atoms with Crippen LogP contribution in [0.2, 0.25) is 5.02 Å². The van der Waals surface area contributed by atoms with Gasteiger partial charge in [-0.3, -0.25) is 4.79 Å². The van der Waals surface area contributed by atoms with Gasteiger partial charge in [0, 0.05) is 23.2 Å². The van der Waals surface area contributed by atoms with Gasteiger partial charge in [0.25, 0.3) is 5.91 Å². The lowest BCUT2D eigenvalue weighted by molar-refractivity contribution is -0.173. The number of methoxy groups -OCH3 is 1. The number of aromatic nitrogens is 2. The Bertz CT molecular complexity index is 1150. The van der Waals surface area contributed by atoms with Crippen molar-refractivity contribution in [2.75, 3.05) is 17.7 Å². The van der Waals surface area contributed by atoms with E-state index in [1.807, 2.05) is 6.92 Å². The summed E-state index contributed by atoms with van der Waals surface area (Å²) in [6, 6.07) is 10.6. The molecule has 1 aliphatic heterocycles. The predicted octanol–water partition coefficient (Wildman–Crippen LogP) is 5.77. The Balaban J connectivity index is 1.62. The number of alkyl halides is 3. The summed E-state index contributed by atoms with van der Waals surface area (Å²) >= 11 is 6.07. The minimum absolute atomic E-state index is 0.117. The first-order valence-corrected chi connectivity index (χ1v) is 10.2. The van der Waals surface area contributed by atoms with Gasteiger partial charge < -0.3 is 15.4 Å². The van der Waals surface area contributed by atoms with Crippen molar-refractivity contribution < 1.29 is 22.7 Å². The molecule has 32 heavy (non-hydrogen) atoms. The number of nitrogens with one attached hydrogen (secondary N) is 2. The summed E-state index contributed by atoms with van der Waals surface area (Å²) in [5.41, 5.74) is 1.80. The molecule has 0 saturated carbocycles. The standard InChI is InChI=1S/C22H20ClF3N4O2/c1-12-3-6-14(9-16(12)23)27-21(31)18-11-20-28-17(13-4-7-15(32-2)8-5-13)10-19(22(24,25)26)30(20)29-18/h3-9,11,17,19,28H,10H2,1-2H3,(H,27,31)/t17-,19+/m0/s1. The largest absolute Gasteiger partial charge is 0.497 e. The molecule has 2 heterocycles. The summed E-state index contributed by atoms with van der Waals surface area (Å²) in [5.74, 6) is 0.0964. The van der Waals surface area contributed by atoms with Gasteiger partial charge in [-0.25, -0.2) is 4.68 Å². The number of carbonyl (C=O) groups excluding carboxylic acids is 1. The normalized spacial score (nSPS) is 17.9. The fourth-order valence-corrected chi connectivity index (χ4v) is 3.79. The third-order valence-electron chi connectivity index (χ3n) is 5.37. The van der Waals surface area contributed by atoms with E-state index in [-0.39, 0.29) is 17.9 Å². The first-order chi connectivity index (χ1) is 15.2. The second kappa shape index (κ2) is 8.38. The number of carbonyl (C=O) groups is 1. The van der Waals surface area contributed by atoms with Crippen LogP contribution in [0, 0.1) is 6.92 Å². The number of halogens is 4. The molecule has 4 rings (SSSR count). The molecule has 3 aromatic rings. The molecule has 0 fully saturated rings. The Morgan fingerprint density at radius 1 is 1.22 bits per heavy atom. The molecule has 1 aromatic heterocycles. The van der Waals surface area contributed by atoms with Crippen LogP contribution in [0.15, 0.2) is 48.5 Å².